The molecule has 116 valence electrons. The smallest absolute Gasteiger partial charge is 0.326 e. The minimum absolute atomic E-state index is 0.194. The largest absolute Gasteiger partial charge is 0.465 e. The molecule has 0 fully saturated rings. The molecule has 0 amide bonds. The van der Waals surface area contributed by atoms with Gasteiger partial charge in [-0.15, -0.1) is 0 Å². The summed E-state index contributed by atoms with van der Waals surface area (Å²) in [6.45, 7) is 7.35. The maximum atomic E-state index is 12.1. The predicted octanol–water partition coefficient (Wildman–Crippen LogP) is 3.57. The molecule has 0 spiro atoms. The Morgan fingerprint density at radius 1 is 1.30 bits per heavy atom. The molecule has 0 aliphatic carbocycles. The van der Waals surface area contributed by atoms with Gasteiger partial charge in [0.15, 0.2) is 0 Å². The number of azide groups is 1. The zero-order valence-electron chi connectivity index (χ0n) is 13.0. The van der Waals surface area contributed by atoms with Crippen molar-refractivity contribution in [1.82, 2.24) is 5.32 Å². The highest BCUT2D eigenvalue weighted by atomic mass is 16.5. The normalized spacial score (nSPS) is 13.3. The lowest BCUT2D eigenvalue weighted by Gasteiger charge is -2.28. The second-order valence-corrected chi connectivity index (χ2v) is 5.10. The fourth-order valence-corrected chi connectivity index (χ4v) is 2.02. The van der Waals surface area contributed by atoms with Crippen molar-refractivity contribution in [2.45, 2.75) is 64.8 Å². The molecule has 0 saturated heterocycles. The van der Waals surface area contributed by atoms with E-state index in [0.29, 0.717) is 26.1 Å². The fourth-order valence-electron chi connectivity index (χ4n) is 2.02. The van der Waals surface area contributed by atoms with E-state index in [1.54, 1.807) is 0 Å². The van der Waals surface area contributed by atoms with Crippen molar-refractivity contribution in [3.8, 4) is 0 Å². The number of esters is 1. The van der Waals surface area contributed by atoms with Crippen LogP contribution in [-0.4, -0.2) is 31.2 Å². The Labute approximate surface area is 121 Å². The highest BCUT2D eigenvalue weighted by Crippen LogP contribution is 2.17. The van der Waals surface area contributed by atoms with Crippen molar-refractivity contribution in [2.75, 3.05) is 19.7 Å². The molecule has 1 N–H and O–H groups in total. The van der Waals surface area contributed by atoms with E-state index in [-0.39, 0.29) is 5.97 Å². The van der Waals surface area contributed by atoms with Crippen LogP contribution in [0.25, 0.3) is 10.4 Å². The van der Waals surface area contributed by atoms with Crippen LogP contribution in [0.5, 0.6) is 0 Å². The number of carbonyl (C=O) groups is 1. The van der Waals surface area contributed by atoms with E-state index in [9.17, 15) is 4.79 Å². The van der Waals surface area contributed by atoms with Crippen molar-refractivity contribution < 1.29 is 9.53 Å². The van der Waals surface area contributed by atoms with Gasteiger partial charge in [-0.25, -0.2) is 0 Å². The van der Waals surface area contributed by atoms with Gasteiger partial charge in [-0.05, 0) is 38.8 Å². The van der Waals surface area contributed by atoms with E-state index >= 15 is 0 Å². The van der Waals surface area contributed by atoms with Crippen LogP contribution < -0.4 is 5.32 Å². The van der Waals surface area contributed by atoms with Crippen molar-refractivity contribution in [3.05, 3.63) is 10.4 Å². The van der Waals surface area contributed by atoms with Crippen LogP contribution in [0.2, 0.25) is 0 Å². The van der Waals surface area contributed by atoms with Gasteiger partial charge in [0.25, 0.3) is 0 Å². The Kier molecular flexibility index (Phi) is 10.8. The molecule has 0 aromatic heterocycles. The van der Waals surface area contributed by atoms with E-state index in [4.69, 9.17) is 10.3 Å². The summed E-state index contributed by atoms with van der Waals surface area (Å²) < 4.78 is 5.16. The zero-order chi connectivity index (χ0) is 15.3. The molecule has 1 unspecified atom stereocenters. The number of hydrogen-bond acceptors (Lipinski definition) is 4. The lowest BCUT2D eigenvalue weighted by atomic mass is 9.94. The average molecular weight is 284 g/mol. The van der Waals surface area contributed by atoms with Crippen molar-refractivity contribution in [2.24, 2.45) is 5.11 Å². The van der Waals surface area contributed by atoms with Crippen LogP contribution in [0, 0.1) is 0 Å². The molecule has 1 atom stereocenters. The number of unbranched alkanes of at least 4 members (excludes halogenated alkanes) is 3. The molecule has 0 aliphatic rings. The summed E-state index contributed by atoms with van der Waals surface area (Å²) in [6.07, 6.45) is 5.99. The summed E-state index contributed by atoms with van der Waals surface area (Å²) in [6, 6.07) is 0. The monoisotopic (exact) mass is 284 g/mol. The summed E-state index contributed by atoms with van der Waals surface area (Å²) in [5, 5.41) is 6.74. The van der Waals surface area contributed by atoms with Crippen LogP contribution in [-0.2, 0) is 9.53 Å². The maximum absolute atomic E-state index is 12.1. The first-order chi connectivity index (χ1) is 9.60. The predicted molar refractivity (Wildman–Crippen MR) is 80.4 cm³/mol. The van der Waals surface area contributed by atoms with Gasteiger partial charge in [0.05, 0.1) is 6.61 Å². The number of nitrogens with zero attached hydrogens (tertiary/aromatic N) is 3. The molecule has 6 nitrogen and oxygen atoms in total. The van der Waals surface area contributed by atoms with E-state index in [2.05, 4.69) is 22.3 Å². The van der Waals surface area contributed by atoms with Crippen LogP contribution in [0.1, 0.15) is 59.3 Å². The summed E-state index contributed by atoms with van der Waals surface area (Å²) in [5.74, 6) is -0.194. The molecule has 0 heterocycles. The topological polar surface area (TPSA) is 87.1 Å². The van der Waals surface area contributed by atoms with E-state index in [1.165, 1.54) is 12.8 Å². The van der Waals surface area contributed by atoms with Crippen molar-refractivity contribution in [1.29, 1.82) is 0 Å². The first-order valence-corrected chi connectivity index (χ1v) is 7.53. The van der Waals surface area contributed by atoms with Gasteiger partial charge in [0.1, 0.15) is 5.54 Å². The first kappa shape index (κ1) is 18.7. The van der Waals surface area contributed by atoms with Crippen molar-refractivity contribution >= 4 is 5.97 Å². The van der Waals surface area contributed by atoms with E-state index in [1.807, 2.05) is 13.8 Å². The van der Waals surface area contributed by atoms with Gasteiger partial charge < -0.3 is 10.1 Å². The third-order valence-electron chi connectivity index (χ3n) is 3.27. The van der Waals surface area contributed by atoms with E-state index < -0.39 is 5.54 Å². The Morgan fingerprint density at radius 3 is 2.65 bits per heavy atom. The summed E-state index contributed by atoms with van der Waals surface area (Å²) >= 11 is 0. The van der Waals surface area contributed by atoms with E-state index in [0.717, 1.165) is 19.3 Å². The quantitative estimate of drug-likeness (QED) is 0.195. The lowest BCUT2D eigenvalue weighted by Crippen LogP contribution is -2.51. The van der Waals surface area contributed by atoms with Crippen molar-refractivity contribution in [3.63, 3.8) is 0 Å². The van der Waals surface area contributed by atoms with Crippen LogP contribution in [0.3, 0.4) is 0 Å². The molecule has 0 radical (unpaired) electrons. The minimum Gasteiger partial charge on any atom is -0.465 e. The molecule has 0 aromatic rings. The molecule has 0 aliphatic heterocycles. The second-order valence-electron chi connectivity index (χ2n) is 5.10. The maximum Gasteiger partial charge on any atom is 0.326 e. The van der Waals surface area contributed by atoms with Crippen LogP contribution in [0.15, 0.2) is 5.11 Å². The van der Waals surface area contributed by atoms with Gasteiger partial charge in [0.2, 0.25) is 0 Å². The van der Waals surface area contributed by atoms with Gasteiger partial charge in [0, 0.05) is 11.5 Å². The number of carbonyl (C=O) groups excluding carboxylic acids is 1. The number of hydrogen-bond donors (Lipinski definition) is 1. The minimum atomic E-state index is -0.639. The zero-order valence-corrected chi connectivity index (χ0v) is 13.0. The molecule has 6 heteroatoms. The number of rotatable bonds is 12. The van der Waals surface area contributed by atoms with Gasteiger partial charge in [-0.2, -0.15) is 0 Å². The second kappa shape index (κ2) is 11.6. The van der Waals surface area contributed by atoms with Gasteiger partial charge in [-0.3, -0.25) is 4.79 Å². The Hall–Kier alpha value is -1.26. The molecule has 0 rings (SSSR count). The molecular weight excluding hydrogens is 256 g/mol. The standard InChI is InChI=1S/C14H28N4O2/c1-4-6-7-8-10-14(3,13(19)20-5-2)16-11-9-12-17-18-15/h16H,4-12H2,1-3H3. The molecular formula is C14H28N4O2. The average Bonchev–Trinajstić information content (AvgIpc) is 2.44. The van der Waals surface area contributed by atoms with Gasteiger partial charge in [-0.1, -0.05) is 37.7 Å². The molecule has 20 heavy (non-hydrogen) atoms. The summed E-state index contributed by atoms with van der Waals surface area (Å²) in [5.41, 5.74) is 7.58. The Bertz CT molecular complexity index is 316. The molecule has 0 aromatic carbocycles. The third kappa shape index (κ3) is 8.02. The van der Waals surface area contributed by atoms with Crippen LogP contribution in [0.4, 0.5) is 0 Å². The SMILES string of the molecule is CCCCCCC(C)(NCCCN=[N+]=[N-])C(=O)OCC. The highest BCUT2D eigenvalue weighted by molar-refractivity contribution is 5.80. The Morgan fingerprint density at radius 2 is 2.05 bits per heavy atom. The fraction of sp³-hybridized carbons (Fsp3) is 0.929. The van der Waals surface area contributed by atoms with Crippen LogP contribution >= 0.6 is 0 Å². The summed E-state index contributed by atoms with van der Waals surface area (Å²) in [4.78, 5) is 14.8. The third-order valence-corrected chi connectivity index (χ3v) is 3.27. The highest BCUT2D eigenvalue weighted by Gasteiger charge is 2.33. The molecule has 0 bridgehead atoms. The summed E-state index contributed by atoms with van der Waals surface area (Å²) in [7, 11) is 0. The van der Waals surface area contributed by atoms with Gasteiger partial charge >= 0.3 is 5.97 Å². The first-order valence-electron chi connectivity index (χ1n) is 7.53. The number of ether oxygens (including phenoxy) is 1. The molecule has 0 saturated carbocycles. The number of nitrogens with one attached hydrogen (secondary N) is 1. The Balaban J connectivity index is 4.29. The lowest BCUT2D eigenvalue weighted by molar-refractivity contribution is -0.150.